The molecule has 0 bridgehead atoms. The Morgan fingerprint density at radius 1 is 1.14 bits per heavy atom. The Morgan fingerprint density at radius 3 is 2.69 bits per heavy atom. The highest BCUT2D eigenvalue weighted by Gasteiger charge is 2.20. The smallest absolute Gasteiger partial charge is 0.387 e. The molecular weight excluding hydrogens is 500 g/mol. The number of benzene rings is 2. The highest BCUT2D eigenvalue weighted by atomic mass is 35.5. The molecule has 0 aliphatic carbocycles. The van der Waals surface area contributed by atoms with Crippen molar-refractivity contribution in [3.05, 3.63) is 82.6 Å². The lowest BCUT2D eigenvalue weighted by atomic mass is 9.99. The lowest BCUT2D eigenvalue weighted by Gasteiger charge is -2.13. The Hall–Kier alpha value is -4.14. The van der Waals surface area contributed by atoms with Gasteiger partial charge in [0, 0.05) is 28.5 Å². The number of nitrogens with one attached hydrogen (secondary N) is 1. The maximum Gasteiger partial charge on any atom is 0.387 e. The van der Waals surface area contributed by atoms with E-state index in [2.05, 4.69) is 25.2 Å². The summed E-state index contributed by atoms with van der Waals surface area (Å²) in [6.45, 7) is -2.86. The monoisotopic (exact) mass is 513 g/mol. The van der Waals surface area contributed by atoms with Crippen molar-refractivity contribution in [3.63, 3.8) is 0 Å². The molecule has 0 spiro atoms. The normalized spacial score (nSPS) is 10.6. The van der Waals surface area contributed by atoms with Crippen molar-refractivity contribution in [2.45, 2.75) is 13.2 Å². The molecule has 0 aliphatic heterocycles. The average Bonchev–Trinajstić information content (AvgIpc) is 3.31. The molecule has 35 heavy (non-hydrogen) atoms. The van der Waals surface area contributed by atoms with Crippen LogP contribution < -0.4 is 14.8 Å². The molecule has 0 saturated heterocycles. The van der Waals surface area contributed by atoms with Gasteiger partial charge in [0.1, 0.15) is 12.4 Å². The van der Waals surface area contributed by atoms with Crippen molar-refractivity contribution in [1.29, 1.82) is 5.26 Å². The second-order valence-electron chi connectivity index (χ2n) is 6.86. The Kier molecular flexibility index (Phi) is 7.45. The van der Waals surface area contributed by atoms with Gasteiger partial charge in [-0.25, -0.2) is 0 Å². The van der Waals surface area contributed by atoms with E-state index in [0.29, 0.717) is 5.02 Å². The minimum Gasteiger partial charge on any atom is -0.464 e. The fraction of sp³-hybridized carbons (Fsp3) is 0.0870. The summed E-state index contributed by atoms with van der Waals surface area (Å²) in [5.41, 5.74) is 1.49. The van der Waals surface area contributed by atoms with Crippen molar-refractivity contribution >= 4 is 34.0 Å². The SMILES string of the molecule is N#Cc1ccc(OC(F)F)c(-c2cnccc2C(=O)Nc2nnc(OCc3ccc(Cl)cc3)s2)c1. The summed E-state index contributed by atoms with van der Waals surface area (Å²) in [4.78, 5) is 17.0. The van der Waals surface area contributed by atoms with Crippen LogP contribution in [-0.2, 0) is 6.61 Å². The molecule has 4 aromatic rings. The molecule has 0 radical (unpaired) electrons. The van der Waals surface area contributed by atoms with Gasteiger partial charge in [-0.05, 0) is 53.3 Å². The Balaban J connectivity index is 1.53. The van der Waals surface area contributed by atoms with Crippen LogP contribution in [0.3, 0.4) is 0 Å². The molecule has 1 N–H and O–H groups in total. The Labute approximate surface area is 206 Å². The second-order valence-corrected chi connectivity index (χ2v) is 8.24. The van der Waals surface area contributed by atoms with Crippen LogP contribution in [0.1, 0.15) is 21.5 Å². The van der Waals surface area contributed by atoms with E-state index in [9.17, 15) is 18.8 Å². The average molecular weight is 514 g/mol. The second kappa shape index (κ2) is 10.9. The van der Waals surface area contributed by atoms with Gasteiger partial charge in [-0.1, -0.05) is 28.8 Å². The molecule has 0 atom stereocenters. The van der Waals surface area contributed by atoms with Crippen molar-refractivity contribution in [2.24, 2.45) is 0 Å². The van der Waals surface area contributed by atoms with Gasteiger partial charge in [-0.3, -0.25) is 15.1 Å². The maximum atomic E-state index is 13.0. The number of rotatable bonds is 8. The van der Waals surface area contributed by atoms with E-state index in [0.717, 1.165) is 16.9 Å². The molecular formula is C23H14ClF2N5O3S. The summed E-state index contributed by atoms with van der Waals surface area (Å²) in [6, 6.07) is 14.4. The third-order valence-electron chi connectivity index (χ3n) is 4.58. The molecule has 0 unspecified atom stereocenters. The largest absolute Gasteiger partial charge is 0.464 e. The first-order valence-corrected chi connectivity index (χ1v) is 11.1. The summed E-state index contributed by atoms with van der Waals surface area (Å²) < 4.78 is 36.0. The molecule has 8 nitrogen and oxygen atoms in total. The third kappa shape index (κ3) is 6.06. The number of aromatic nitrogens is 3. The molecule has 1 amide bonds. The van der Waals surface area contributed by atoms with Gasteiger partial charge < -0.3 is 9.47 Å². The number of alkyl halides is 2. The van der Waals surface area contributed by atoms with Gasteiger partial charge in [-0.15, -0.1) is 5.10 Å². The van der Waals surface area contributed by atoms with E-state index < -0.39 is 12.5 Å². The van der Waals surface area contributed by atoms with Gasteiger partial charge in [0.25, 0.3) is 11.1 Å². The van der Waals surface area contributed by atoms with E-state index >= 15 is 0 Å². The minimum atomic E-state index is -3.09. The molecule has 176 valence electrons. The maximum absolute atomic E-state index is 13.0. The van der Waals surface area contributed by atoms with Gasteiger partial charge in [0.2, 0.25) is 5.13 Å². The first-order chi connectivity index (χ1) is 16.9. The summed E-state index contributed by atoms with van der Waals surface area (Å²) >= 11 is 6.88. The lowest BCUT2D eigenvalue weighted by Crippen LogP contribution is -2.13. The van der Waals surface area contributed by atoms with Crippen molar-refractivity contribution < 1.29 is 23.0 Å². The number of pyridine rings is 1. The van der Waals surface area contributed by atoms with Crippen LogP contribution in [0.25, 0.3) is 11.1 Å². The van der Waals surface area contributed by atoms with Crippen molar-refractivity contribution in [2.75, 3.05) is 5.32 Å². The minimum absolute atomic E-state index is 0.105. The molecule has 12 heteroatoms. The first-order valence-electron chi connectivity index (χ1n) is 9.88. The van der Waals surface area contributed by atoms with Crippen molar-refractivity contribution in [1.82, 2.24) is 15.2 Å². The Morgan fingerprint density at radius 2 is 1.94 bits per heavy atom. The zero-order chi connectivity index (χ0) is 24.8. The fourth-order valence-corrected chi connectivity index (χ4v) is 3.74. The number of hydrogen-bond acceptors (Lipinski definition) is 8. The highest BCUT2D eigenvalue weighted by Crippen LogP contribution is 2.34. The molecule has 2 heterocycles. The van der Waals surface area contributed by atoms with E-state index in [1.54, 1.807) is 12.1 Å². The number of ether oxygens (including phenoxy) is 2. The van der Waals surface area contributed by atoms with E-state index in [-0.39, 0.29) is 44.9 Å². The molecule has 2 aromatic carbocycles. The number of halogens is 3. The fourth-order valence-electron chi connectivity index (χ4n) is 3.02. The van der Waals surface area contributed by atoms with E-state index in [4.69, 9.17) is 16.3 Å². The first kappa shape index (κ1) is 24.0. The zero-order valence-corrected chi connectivity index (χ0v) is 19.2. The van der Waals surface area contributed by atoms with E-state index in [1.807, 2.05) is 18.2 Å². The number of hydrogen-bond donors (Lipinski definition) is 1. The van der Waals surface area contributed by atoms with Crippen LogP contribution in [0, 0.1) is 11.3 Å². The van der Waals surface area contributed by atoms with Crippen LogP contribution in [0.2, 0.25) is 5.02 Å². The molecule has 0 aliphatic rings. The predicted octanol–water partition coefficient (Wildman–Crippen LogP) is 5.56. The Bertz CT molecular complexity index is 1390. The third-order valence-corrected chi connectivity index (χ3v) is 5.59. The van der Waals surface area contributed by atoms with Crippen LogP contribution >= 0.6 is 22.9 Å². The summed E-state index contributed by atoms with van der Waals surface area (Å²) in [5, 5.41) is 20.6. The summed E-state index contributed by atoms with van der Waals surface area (Å²) in [6.07, 6.45) is 2.70. The zero-order valence-electron chi connectivity index (χ0n) is 17.6. The van der Waals surface area contributed by atoms with Gasteiger partial charge in [0.15, 0.2) is 0 Å². The van der Waals surface area contributed by atoms with Crippen LogP contribution in [0.4, 0.5) is 13.9 Å². The quantitative estimate of drug-likeness (QED) is 0.328. The number of amides is 1. The topological polar surface area (TPSA) is 110 Å². The summed E-state index contributed by atoms with van der Waals surface area (Å²) in [7, 11) is 0. The highest BCUT2D eigenvalue weighted by molar-refractivity contribution is 7.17. The van der Waals surface area contributed by atoms with Crippen LogP contribution in [-0.4, -0.2) is 27.7 Å². The number of nitriles is 1. The van der Waals surface area contributed by atoms with Crippen molar-refractivity contribution in [3.8, 4) is 28.1 Å². The van der Waals surface area contributed by atoms with Crippen LogP contribution in [0.5, 0.6) is 10.9 Å². The predicted molar refractivity (Wildman–Crippen MR) is 125 cm³/mol. The number of nitrogens with zero attached hydrogens (tertiary/aromatic N) is 4. The molecule has 0 saturated carbocycles. The molecule has 0 fully saturated rings. The summed E-state index contributed by atoms with van der Waals surface area (Å²) in [5.74, 6) is -0.789. The van der Waals surface area contributed by atoms with E-state index in [1.165, 1.54) is 36.7 Å². The number of anilines is 1. The van der Waals surface area contributed by atoms with Crippen LogP contribution in [0.15, 0.2) is 60.9 Å². The standard InChI is InChI=1S/C23H14ClF2N5O3S/c24-15-4-1-13(2-5-15)12-33-23-31-30-22(35-23)29-20(32)16-7-8-28-11-18(16)17-9-14(10-27)3-6-19(17)34-21(25)26/h1-9,11,21H,12H2,(H,29,30,32). The van der Waals surface area contributed by atoms with Gasteiger partial charge >= 0.3 is 6.61 Å². The van der Waals surface area contributed by atoms with Gasteiger partial charge in [0.05, 0.1) is 17.2 Å². The number of carbonyl (C=O) groups is 1. The molecule has 4 rings (SSSR count). The number of carbonyl (C=O) groups excluding carboxylic acids is 1. The molecule has 2 aromatic heterocycles. The lowest BCUT2D eigenvalue weighted by molar-refractivity contribution is -0.0494. The van der Waals surface area contributed by atoms with Gasteiger partial charge in [-0.2, -0.15) is 14.0 Å².